The first-order chi connectivity index (χ1) is 7.44. The summed E-state index contributed by atoms with van der Waals surface area (Å²) in [5.74, 6) is 0.324. The molecule has 96 valence electrons. The van der Waals surface area contributed by atoms with E-state index in [-0.39, 0.29) is 11.9 Å². The Morgan fingerprint density at radius 2 is 0.938 bits per heavy atom. The maximum absolute atomic E-state index is 6.96. The summed E-state index contributed by atoms with van der Waals surface area (Å²) in [6, 6.07) is 0. The van der Waals surface area contributed by atoms with Gasteiger partial charge in [-0.3, -0.25) is 10.8 Å². The molecule has 6 nitrogen and oxygen atoms in total. The molecule has 6 heteroatoms. The first kappa shape index (κ1) is 17.0. The lowest BCUT2D eigenvalue weighted by Crippen LogP contribution is -2.35. The maximum Gasteiger partial charge on any atom is 0.188 e. The average molecular weight is 230 g/mol. The first-order valence-electron chi connectivity index (χ1n) is 5.62. The molecule has 0 rings (SSSR count). The SMILES string of the molecule is CCN(CC)C(=N)N.CCN(CC)C(=N)N. The molecule has 0 radical (unpaired) electrons. The van der Waals surface area contributed by atoms with Crippen molar-refractivity contribution >= 4 is 11.9 Å². The molecule has 0 spiro atoms. The minimum absolute atomic E-state index is 0.162. The van der Waals surface area contributed by atoms with Crippen molar-refractivity contribution in [2.24, 2.45) is 11.5 Å². The largest absolute Gasteiger partial charge is 0.370 e. The maximum atomic E-state index is 6.96. The normalized spacial score (nSPS) is 8.75. The average Bonchev–Trinajstić information content (AvgIpc) is 2.21. The van der Waals surface area contributed by atoms with Crippen molar-refractivity contribution < 1.29 is 0 Å². The Bertz CT molecular complexity index is 173. The van der Waals surface area contributed by atoms with Crippen LogP contribution < -0.4 is 11.5 Å². The monoisotopic (exact) mass is 230 g/mol. The fourth-order valence-electron chi connectivity index (χ4n) is 1.13. The Labute approximate surface area is 98.6 Å². The molecule has 0 aromatic carbocycles. The first-order valence-corrected chi connectivity index (χ1v) is 5.62. The summed E-state index contributed by atoms with van der Waals surface area (Å²) in [6.45, 7) is 11.2. The summed E-state index contributed by atoms with van der Waals surface area (Å²) in [4.78, 5) is 3.56. The molecule has 0 heterocycles. The van der Waals surface area contributed by atoms with Gasteiger partial charge in [-0.2, -0.15) is 0 Å². The van der Waals surface area contributed by atoms with Crippen LogP contribution in [0.5, 0.6) is 0 Å². The van der Waals surface area contributed by atoms with Gasteiger partial charge in [-0.05, 0) is 27.7 Å². The molecule has 0 aliphatic heterocycles. The van der Waals surface area contributed by atoms with Crippen molar-refractivity contribution in [2.45, 2.75) is 27.7 Å². The molecule has 0 fully saturated rings. The zero-order valence-corrected chi connectivity index (χ0v) is 10.9. The van der Waals surface area contributed by atoms with Gasteiger partial charge in [0, 0.05) is 26.2 Å². The summed E-state index contributed by atoms with van der Waals surface area (Å²) in [5, 5.41) is 13.9. The molecule has 6 N–H and O–H groups in total. The highest BCUT2D eigenvalue weighted by atomic mass is 15.2. The Morgan fingerprint density at radius 3 is 0.938 bits per heavy atom. The molecule has 0 unspecified atom stereocenters. The second kappa shape index (κ2) is 10.1. The summed E-state index contributed by atoms with van der Waals surface area (Å²) in [5.41, 5.74) is 10.3. The smallest absolute Gasteiger partial charge is 0.188 e. The molecule has 0 aliphatic carbocycles. The van der Waals surface area contributed by atoms with Crippen molar-refractivity contribution in [3.63, 3.8) is 0 Å². The zero-order chi connectivity index (χ0) is 13.1. The van der Waals surface area contributed by atoms with Crippen molar-refractivity contribution in [1.82, 2.24) is 9.80 Å². The molecule has 0 aromatic rings. The number of rotatable bonds is 4. The van der Waals surface area contributed by atoms with E-state index in [1.54, 1.807) is 9.80 Å². The van der Waals surface area contributed by atoms with Crippen LogP contribution in [0.4, 0.5) is 0 Å². The molecule has 16 heavy (non-hydrogen) atoms. The molecule has 0 saturated heterocycles. The van der Waals surface area contributed by atoms with Crippen LogP contribution in [0.15, 0.2) is 0 Å². The summed E-state index contributed by atoms with van der Waals surface area (Å²) < 4.78 is 0. The van der Waals surface area contributed by atoms with Gasteiger partial charge in [0.2, 0.25) is 0 Å². The fraction of sp³-hybridized carbons (Fsp3) is 0.800. The van der Waals surface area contributed by atoms with Crippen LogP contribution in [0, 0.1) is 10.8 Å². The standard InChI is InChI=1S/2C5H13N3/c2*1-3-8(4-2)5(6)7/h2*3-4H2,1-2H3,(H3,6,7). The van der Waals surface area contributed by atoms with Crippen molar-refractivity contribution in [2.75, 3.05) is 26.2 Å². The number of nitrogens with zero attached hydrogens (tertiary/aromatic N) is 2. The lowest BCUT2D eigenvalue weighted by atomic mass is 10.5. The Morgan fingerprint density at radius 1 is 0.750 bits per heavy atom. The van der Waals surface area contributed by atoms with Gasteiger partial charge in [-0.15, -0.1) is 0 Å². The molecule has 0 atom stereocenters. The Balaban J connectivity index is 0. The van der Waals surface area contributed by atoms with Crippen LogP contribution in [-0.4, -0.2) is 47.9 Å². The van der Waals surface area contributed by atoms with Gasteiger partial charge in [-0.1, -0.05) is 0 Å². The quantitative estimate of drug-likeness (QED) is 0.415. The summed E-state index contributed by atoms with van der Waals surface area (Å²) >= 11 is 0. The van der Waals surface area contributed by atoms with Gasteiger partial charge in [0.25, 0.3) is 0 Å². The van der Waals surface area contributed by atoms with E-state index in [9.17, 15) is 0 Å². The lowest BCUT2D eigenvalue weighted by molar-refractivity contribution is 0.457. The van der Waals surface area contributed by atoms with Gasteiger partial charge >= 0.3 is 0 Å². The second-order valence-corrected chi connectivity index (χ2v) is 3.12. The number of guanidine groups is 2. The fourth-order valence-corrected chi connectivity index (χ4v) is 1.13. The van der Waals surface area contributed by atoms with Crippen LogP contribution >= 0.6 is 0 Å². The molecule has 0 aromatic heterocycles. The van der Waals surface area contributed by atoms with Gasteiger partial charge in [0.05, 0.1) is 0 Å². The molecular formula is C10H26N6. The van der Waals surface area contributed by atoms with E-state index in [4.69, 9.17) is 22.3 Å². The molecule has 0 bridgehead atoms. The third kappa shape index (κ3) is 7.90. The van der Waals surface area contributed by atoms with E-state index in [2.05, 4.69) is 0 Å². The van der Waals surface area contributed by atoms with Crippen LogP contribution in [-0.2, 0) is 0 Å². The lowest BCUT2D eigenvalue weighted by Gasteiger charge is -2.16. The van der Waals surface area contributed by atoms with Gasteiger partial charge in [0.15, 0.2) is 11.9 Å². The van der Waals surface area contributed by atoms with Crippen molar-refractivity contribution in [3.05, 3.63) is 0 Å². The van der Waals surface area contributed by atoms with E-state index in [1.165, 1.54) is 0 Å². The summed E-state index contributed by atoms with van der Waals surface area (Å²) in [7, 11) is 0. The minimum atomic E-state index is 0.162. The molecule has 0 saturated carbocycles. The third-order valence-electron chi connectivity index (χ3n) is 2.21. The Hall–Kier alpha value is -1.46. The predicted molar refractivity (Wildman–Crippen MR) is 69.7 cm³/mol. The van der Waals surface area contributed by atoms with Crippen LogP contribution in [0.1, 0.15) is 27.7 Å². The Kier molecular flexibility index (Phi) is 10.7. The van der Waals surface area contributed by atoms with Crippen molar-refractivity contribution in [1.29, 1.82) is 10.8 Å². The van der Waals surface area contributed by atoms with Gasteiger partial charge < -0.3 is 21.3 Å². The number of nitrogens with one attached hydrogen (secondary N) is 2. The predicted octanol–water partition coefficient (Wildman–Crippen LogP) is 0.443. The van der Waals surface area contributed by atoms with E-state index >= 15 is 0 Å². The van der Waals surface area contributed by atoms with Gasteiger partial charge in [-0.25, -0.2) is 0 Å². The highest BCUT2D eigenvalue weighted by Gasteiger charge is 1.96. The topological polar surface area (TPSA) is 106 Å². The molecule has 0 amide bonds. The van der Waals surface area contributed by atoms with E-state index < -0.39 is 0 Å². The van der Waals surface area contributed by atoms with Crippen molar-refractivity contribution in [3.8, 4) is 0 Å². The highest BCUT2D eigenvalue weighted by molar-refractivity contribution is 5.74. The third-order valence-corrected chi connectivity index (χ3v) is 2.21. The molecule has 0 aliphatic rings. The molecular weight excluding hydrogens is 204 g/mol. The van der Waals surface area contributed by atoms with Crippen LogP contribution in [0.25, 0.3) is 0 Å². The highest BCUT2D eigenvalue weighted by Crippen LogP contribution is 1.81. The number of hydrogen-bond acceptors (Lipinski definition) is 2. The van der Waals surface area contributed by atoms with Gasteiger partial charge in [0.1, 0.15) is 0 Å². The second-order valence-electron chi connectivity index (χ2n) is 3.12. The number of nitrogens with two attached hydrogens (primary N) is 2. The van der Waals surface area contributed by atoms with Crippen LogP contribution in [0.2, 0.25) is 0 Å². The van der Waals surface area contributed by atoms with E-state index in [0.29, 0.717) is 0 Å². The van der Waals surface area contributed by atoms with E-state index in [1.807, 2.05) is 27.7 Å². The zero-order valence-electron chi connectivity index (χ0n) is 10.9. The van der Waals surface area contributed by atoms with E-state index in [0.717, 1.165) is 26.2 Å². The minimum Gasteiger partial charge on any atom is -0.370 e. The number of hydrogen-bond donors (Lipinski definition) is 4. The van der Waals surface area contributed by atoms with Crippen LogP contribution in [0.3, 0.4) is 0 Å². The summed E-state index contributed by atoms with van der Waals surface area (Å²) in [6.07, 6.45) is 0.